The molecule has 0 spiro atoms. The minimum atomic E-state index is 0.00856. The fraction of sp³-hybridized carbons (Fsp3) is 0.231. The smallest absolute Gasteiger partial charge is 0.101 e. The van der Waals surface area contributed by atoms with Crippen LogP contribution in [0.3, 0.4) is 0 Å². The SMILES string of the molecule is CC1=CC(=C/C=C/C2N(c3ccccc3)c3ccccc3C2(C)C)C=C(C)O1. The zero-order chi connectivity index (χ0) is 19.7. The van der Waals surface area contributed by atoms with E-state index < -0.39 is 0 Å². The first-order valence-electron chi connectivity index (χ1n) is 9.83. The number of hydrogen-bond acceptors (Lipinski definition) is 2. The summed E-state index contributed by atoms with van der Waals surface area (Å²) in [5.41, 5.74) is 5.07. The summed E-state index contributed by atoms with van der Waals surface area (Å²) in [6.07, 6.45) is 10.8. The average molecular weight is 370 g/mol. The molecule has 2 aliphatic rings. The Balaban J connectivity index is 1.73. The van der Waals surface area contributed by atoms with Crippen LogP contribution in [0.4, 0.5) is 11.4 Å². The molecule has 0 saturated carbocycles. The molecular weight excluding hydrogens is 342 g/mol. The molecule has 4 rings (SSSR count). The van der Waals surface area contributed by atoms with Crippen LogP contribution in [0.1, 0.15) is 33.3 Å². The van der Waals surface area contributed by atoms with E-state index in [-0.39, 0.29) is 11.5 Å². The fourth-order valence-corrected chi connectivity index (χ4v) is 4.27. The Morgan fingerprint density at radius 1 is 0.893 bits per heavy atom. The lowest BCUT2D eigenvalue weighted by Gasteiger charge is -2.32. The third-order valence-corrected chi connectivity index (χ3v) is 5.55. The van der Waals surface area contributed by atoms with E-state index >= 15 is 0 Å². The molecule has 0 N–H and O–H groups in total. The summed E-state index contributed by atoms with van der Waals surface area (Å²) in [5, 5.41) is 0. The largest absolute Gasteiger partial charge is 0.467 e. The van der Waals surface area contributed by atoms with Gasteiger partial charge in [0.05, 0.1) is 6.04 Å². The average Bonchev–Trinajstić information content (AvgIpc) is 2.89. The Morgan fingerprint density at radius 2 is 1.54 bits per heavy atom. The number of benzene rings is 2. The number of allylic oxidation sites excluding steroid dienone is 7. The maximum absolute atomic E-state index is 5.60. The minimum absolute atomic E-state index is 0.00856. The number of fused-ring (bicyclic) bond motifs is 1. The molecule has 0 saturated heterocycles. The third-order valence-electron chi connectivity index (χ3n) is 5.55. The molecule has 142 valence electrons. The lowest BCUT2D eigenvalue weighted by atomic mass is 9.80. The lowest BCUT2D eigenvalue weighted by Crippen LogP contribution is -2.37. The third kappa shape index (κ3) is 3.31. The van der Waals surface area contributed by atoms with Gasteiger partial charge in [0.1, 0.15) is 11.5 Å². The maximum Gasteiger partial charge on any atom is 0.101 e. The fourth-order valence-electron chi connectivity index (χ4n) is 4.27. The number of para-hydroxylation sites is 2. The second-order valence-electron chi connectivity index (χ2n) is 8.05. The standard InChI is InChI=1S/C26H27NO/c1-19-17-21(18-20(2)28-19)11-10-16-25-26(3,4)23-14-8-9-15-24(23)27(25)22-12-6-5-7-13-22/h5-18,25H,1-4H3/b16-10+. The van der Waals surface area contributed by atoms with Gasteiger partial charge in [0.25, 0.3) is 0 Å². The number of hydrogen-bond donors (Lipinski definition) is 0. The molecule has 0 aromatic heterocycles. The van der Waals surface area contributed by atoms with Crippen molar-refractivity contribution in [2.45, 2.75) is 39.2 Å². The molecule has 28 heavy (non-hydrogen) atoms. The topological polar surface area (TPSA) is 12.5 Å². The van der Waals surface area contributed by atoms with Crippen LogP contribution in [-0.2, 0) is 10.2 Å². The van der Waals surface area contributed by atoms with Crippen LogP contribution < -0.4 is 4.90 Å². The molecule has 2 heterocycles. The first-order valence-corrected chi connectivity index (χ1v) is 9.83. The Labute approximate surface area is 168 Å². The van der Waals surface area contributed by atoms with Gasteiger partial charge in [-0.1, -0.05) is 68.5 Å². The Bertz CT molecular complexity index is 972. The first kappa shape index (κ1) is 18.4. The molecule has 2 aromatic carbocycles. The van der Waals surface area contributed by atoms with Crippen LogP contribution in [0.25, 0.3) is 0 Å². The Hall–Kier alpha value is -3.00. The molecule has 0 bridgehead atoms. The lowest BCUT2D eigenvalue weighted by molar-refractivity contribution is 0.304. The summed E-state index contributed by atoms with van der Waals surface area (Å²) in [7, 11) is 0. The predicted molar refractivity (Wildman–Crippen MR) is 118 cm³/mol. The van der Waals surface area contributed by atoms with Crippen molar-refractivity contribution >= 4 is 11.4 Å². The highest BCUT2D eigenvalue weighted by molar-refractivity contribution is 5.75. The van der Waals surface area contributed by atoms with Crippen LogP contribution in [0.5, 0.6) is 0 Å². The summed E-state index contributed by atoms with van der Waals surface area (Å²) >= 11 is 0. The van der Waals surface area contributed by atoms with E-state index in [0.29, 0.717) is 0 Å². The van der Waals surface area contributed by atoms with E-state index in [4.69, 9.17) is 4.74 Å². The van der Waals surface area contributed by atoms with Gasteiger partial charge in [-0.25, -0.2) is 0 Å². The van der Waals surface area contributed by atoms with E-state index in [1.165, 1.54) is 16.9 Å². The minimum Gasteiger partial charge on any atom is -0.467 e. The quantitative estimate of drug-likeness (QED) is 0.589. The van der Waals surface area contributed by atoms with E-state index in [0.717, 1.165) is 17.1 Å². The van der Waals surface area contributed by atoms with Gasteiger partial charge in [0.2, 0.25) is 0 Å². The highest BCUT2D eigenvalue weighted by atomic mass is 16.5. The number of ether oxygens (including phenoxy) is 1. The molecule has 0 amide bonds. The number of anilines is 2. The summed E-state index contributed by atoms with van der Waals surface area (Å²) in [5.74, 6) is 1.86. The van der Waals surface area contributed by atoms with E-state index in [9.17, 15) is 0 Å². The summed E-state index contributed by atoms with van der Waals surface area (Å²) < 4.78 is 5.60. The molecule has 2 nitrogen and oxygen atoms in total. The highest BCUT2D eigenvalue weighted by Gasteiger charge is 2.43. The maximum atomic E-state index is 5.60. The van der Waals surface area contributed by atoms with Crippen LogP contribution >= 0.6 is 0 Å². The second-order valence-corrected chi connectivity index (χ2v) is 8.05. The first-order chi connectivity index (χ1) is 13.5. The molecule has 2 heteroatoms. The zero-order valence-electron chi connectivity index (χ0n) is 17.0. The van der Waals surface area contributed by atoms with Crippen molar-refractivity contribution in [1.82, 2.24) is 0 Å². The van der Waals surface area contributed by atoms with Gasteiger partial charge in [-0.15, -0.1) is 0 Å². The molecule has 2 aliphatic heterocycles. The summed E-state index contributed by atoms with van der Waals surface area (Å²) in [6.45, 7) is 8.64. The Morgan fingerprint density at radius 3 is 2.25 bits per heavy atom. The van der Waals surface area contributed by atoms with Gasteiger partial charge in [0, 0.05) is 16.8 Å². The van der Waals surface area contributed by atoms with Gasteiger partial charge < -0.3 is 9.64 Å². The van der Waals surface area contributed by atoms with Crippen molar-refractivity contribution in [3.05, 3.63) is 108 Å². The van der Waals surface area contributed by atoms with Gasteiger partial charge in [-0.3, -0.25) is 0 Å². The molecule has 2 aromatic rings. The van der Waals surface area contributed by atoms with Crippen molar-refractivity contribution in [2.75, 3.05) is 4.90 Å². The number of rotatable bonds is 3. The molecule has 1 unspecified atom stereocenters. The van der Waals surface area contributed by atoms with Crippen molar-refractivity contribution in [3.63, 3.8) is 0 Å². The van der Waals surface area contributed by atoms with Crippen LogP contribution in [0.2, 0.25) is 0 Å². The molecule has 0 radical (unpaired) electrons. The van der Waals surface area contributed by atoms with E-state index in [1.807, 2.05) is 13.8 Å². The molecule has 1 atom stereocenters. The van der Waals surface area contributed by atoms with Gasteiger partial charge >= 0.3 is 0 Å². The van der Waals surface area contributed by atoms with Crippen LogP contribution in [0, 0.1) is 0 Å². The monoisotopic (exact) mass is 369 g/mol. The normalized spacial score (nSPS) is 20.5. The van der Waals surface area contributed by atoms with Crippen molar-refractivity contribution in [2.24, 2.45) is 0 Å². The Kier molecular flexibility index (Phi) is 4.72. The zero-order valence-corrected chi connectivity index (χ0v) is 17.0. The molecule has 0 aliphatic carbocycles. The molecule has 0 fully saturated rings. The van der Waals surface area contributed by atoms with Gasteiger partial charge in [-0.2, -0.15) is 0 Å². The van der Waals surface area contributed by atoms with Gasteiger partial charge in [-0.05, 0) is 55.3 Å². The van der Waals surface area contributed by atoms with E-state index in [2.05, 4.69) is 104 Å². The van der Waals surface area contributed by atoms with Crippen LogP contribution in [-0.4, -0.2) is 6.04 Å². The second kappa shape index (κ2) is 7.20. The summed E-state index contributed by atoms with van der Waals surface area (Å²) in [6, 6.07) is 19.6. The highest BCUT2D eigenvalue weighted by Crippen LogP contribution is 2.49. The van der Waals surface area contributed by atoms with Crippen LogP contribution in [0.15, 0.2) is 102 Å². The van der Waals surface area contributed by atoms with Crippen molar-refractivity contribution < 1.29 is 4.74 Å². The predicted octanol–water partition coefficient (Wildman–Crippen LogP) is 6.80. The van der Waals surface area contributed by atoms with Gasteiger partial charge in [0.15, 0.2) is 0 Å². The van der Waals surface area contributed by atoms with E-state index in [1.54, 1.807) is 0 Å². The molecular formula is C26H27NO. The van der Waals surface area contributed by atoms with Crippen molar-refractivity contribution in [3.8, 4) is 0 Å². The number of nitrogens with zero attached hydrogens (tertiary/aromatic N) is 1. The van der Waals surface area contributed by atoms with Crippen molar-refractivity contribution in [1.29, 1.82) is 0 Å². The summed E-state index contributed by atoms with van der Waals surface area (Å²) in [4.78, 5) is 2.45.